The van der Waals surface area contributed by atoms with E-state index in [1.165, 1.54) is 23.1 Å². The van der Waals surface area contributed by atoms with E-state index in [9.17, 15) is 23.3 Å². The van der Waals surface area contributed by atoms with Gasteiger partial charge in [-0.3, -0.25) is 20.9 Å². The molecule has 0 amide bonds. The summed E-state index contributed by atoms with van der Waals surface area (Å²) >= 11 is 0. The van der Waals surface area contributed by atoms with Gasteiger partial charge in [0.2, 0.25) is 0 Å². The Morgan fingerprint density at radius 1 is 1.43 bits per heavy atom. The summed E-state index contributed by atoms with van der Waals surface area (Å²) in [5.74, 6) is 5.27. The van der Waals surface area contributed by atoms with Gasteiger partial charge in [-0.15, -0.1) is 0 Å². The number of nitro groups is 1. The second-order valence-corrected chi connectivity index (χ2v) is 4.54. The molecule has 1 aromatic carbocycles. The third-order valence-corrected chi connectivity index (χ3v) is 2.81. The molecule has 1 rings (SSSR count). The molecule has 0 aliphatic rings. The highest BCUT2D eigenvalue weighted by atomic mass is 19.4. The molecule has 0 aliphatic heterocycles. The Bertz CT molecular complexity index is 494. The van der Waals surface area contributed by atoms with Crippen molar-refractivity contribution in [3.8, 4) is 0 Å². The second kappa shape index (κ2) is 7.23. The highest BCUT2D eigenvalue weighted by Crippen LogP contribution is 2.29. The molecule has 21 heavy (non-hydrogen) atoms. The Labute approximate surface area is 119 Å². The summed E-state index contributed by atoms with van der Waals surface area (Å²) in [4.78, 5) is 11.4. The summed E-state index contributed by atoms with van der Waals surface area (Å²) < 4.78 is 37.6. The van der Waals surface area contributed by atoms with Gasteiger partial charge in [0.1, 0.15) is 5.69 Å². The van der Waals surface area contributed by atoms with Gasteiger partial charge in [-0.05, 0) is 18.5 Å². The molecular formula is C12H17F3N4O2. The molecule has 0 spiro atoms. The van der Waals surface area contributed by atoms with Crippen LogP contribution in [0.5, 0.6) is 0 Å². The number of nitrogens with one attached hydrogen (secondary N) is 1. The molecule has 0 unspecified atom stereocenters. The van der Waals surface area contributed by atoms with E-state index in [4.69, 9.17) is 5.84 Å². The number of anilines is 1. The Kier molecular flexibility index (Phi) is 5.91. The first kappa shape index (κ1) is 17.2. The zero-order chi connectivity index (χ0) is 16.0. The first-order chi connectivity index (χ1) is 9.78. The molecule has 0 saturated carbocycles. The maximum Gasteiger partial charge on any atom is 0.401 e. The molecule has 1 aromatic rings. The smallest absolute Gasteiger partial charge is 0.318 e. The number of nitrogen functional groups attached to an aromatic ring is 1. The van der Waals surface area contributed by atoms with Gasteiger partial charge in [0.25, 0.3) is 5.69 Å². The summed E-state index contributed by atoms with van der Waals surface area (Å²) in [6.45, 7) is 0.841. The molecule has 9 heteroatoms. The fourth-order valence-electron chi connectivity index (χ4n) is 2.06. The van der Waals surface area contributed by atoms with Crippen molar-refractivity contribution in [2.45, 2.75) is 26.1 Å². The number of nitrogens with two attached hydrogens (primary N) is 1. The van der Waals surface area contributed by atoms with E-state index in [-0.39, 0.29) is 24.5 Å². The summed E-state index contributed by atoms with van der Waals surface area (Å²) in [6.07, 6.45) is -3.79. The van der Waals surface area contributed by atoms with E-state index in [1.54, 1.807) is 6.92 Å². The third-order valence-electron chi connectivity index (χ3n) is 2.81. The van der Waals surface area contributed by atoms with Gasteiger partial charge in [0.05, 0.1) is 11.5 Å². The molecule has 118 valence electrons. The van der Waals surface area contributed by atoms with Crippen LogP contribution >= 0.6 is 0 Å². The number of halogens is 3. The van der Waals surface area contributed by atoms with E-state index in [1.807, 2.05) is 0 Å². The SMILES string of the molecule is CCCN(Cc1cccc([N+](=O)[O-])c1NN)CC(F)(F)F. The number of para-hydroxylation sites is 1. The maximum absolute atomic E-state index is 12.5. The zero-order valence-electron chi connectivity index (χ0n) is 11.5. The minimum Gasteiger partial charge on any atom is -0.318 e. The number of hydrogen-bond donors (Lipinski definition) is 2. The minimum absolute atomic E-state index is 0.0331. The number of nitro benzene ring substituents is 1. The predicted molar refractivity (Wildman–Crippen MR) is 72.5 cm³/mol. The van der Waals surface area contributed by atoms with Gasteiger partial charge in [0.15, 0.2) is 0 Å². The molecular weight excluding hydrogens is 289 g/mol. The van der Waals surface area contributed by atoms with Gasteiger partial charge in [0, 0.05) is 12.6 Å². The monoisotopic (exact) mass is 306 g/mol. The molecule has 0 atom stereocenters. The first-order valence-electron chi connectivity index (χ1n) is 6.30. The van der Waals surface area contributed by atoms with Crippen molar-refractivity contribution in [3.05, 3.63) is 33.9 Å². The van der Waals surface area contributed by atoms with Gasteiger partial charge >= 0.3 is 6.18 Å². The Balaban J connectivity index is 3.03. The quantitative estimate of drug-likeness (QED) is 0.459. The fourth-order valence-corrected chi connectivity index (χ4v) is 2.06. The van der Waals surface area contributed by atoms with Gasteiger partial charge in [-0.25, -0.2) is 0 Å². The molecule has 0 aliphatic carbocycles. The number of nitrogens with zero attached hydrogens (tertiary/aromatic N) is 2. The summed E-state index contributed by atoms with van der Waals surface area (Å²) in [5, 5.41) is 10.9. The van der Waals surface area contributed by atoms with Gasteiger partial charge < -0.3 is 5.43 Å². The minimum atomic E-state index is -4.33. The van der Waals surface area contributed by atoms with Crippen LogP contribution in [0.1, 0.15) is 18.9 Å². The van der Waals surface area contributed by atoms with Crippen LogP contribution in [0, 0.1) is 10.1 Å². The standard InChI is InChI=1S/C12H17F3N4O2/c1-2-6-18(8-12(13,14)15)7-9-4-3-5-10(19(20)21)11(9)17-16/h3-5,17H,2,6-8,16H2,1H3. The molecule has 3 N–H and O–H groups in total. The molecule has 0 heterocycles. The zero-order valence-corrected chi connectivity index (χ0v) is 11.5. The van der Waals surface area contributed by atoms with Gasteiger partial charge in [-0.2, -0.15) is 13.2 Å². The van der Waals surface area contributed by atoms with Crippen molar-refractivity contribution in [1.29, 1.82) is 0 Å². The average Bonchev–Trinajstić information content (AvgIpc) is 2.36. The van der Waals surface area contributed by atoms with Crippen molar-refractivity contribution in [2.75, 3.05) is 18.5 Å². The van der Waals surface area contributed by atoms with Crippen LogP contribution < -0.4 is 11.3 Å². The highest BCUT2D eigenvalue weighted by Gasteiger charge is 2.31. The van der Waals surface area contributed by atoms with Crippen molar-refractivity contribution < 1.29 is 18.1 Å². The molecule has 0 saturated heterocycles. The lowest BCUT2D eigenvalue weighted by atomic mass is 10.1. The van der Waals surface area contributed by atoms with Crippen LogP contribution in [0.3, 0.4) is 0 Å². The summed E-state index contributed by atoms with van der Waals surface area (Å²) in [7, 11) is 0. The number of rotatable bonds is 7. The van der Waals surface area contributed by atoms with E-state index in [0.29, 0.717) is 12.0 Å². The Morgan fingerprint density at radius 2 is 2.10 bits per heavy atom. The first-order valence-corrected chi connectivity index (χ1v) is 6.30. The predicted octanol–water partition coefficient (Wildman–Crippen LogP) is 2.65. The second-order valence-electron chi connectivity index (χ2n) is 4.54. The third kappa shape index (κ3) is 5.20. The average molecular weight is 306 g/mol. The lowest BCUT2D eigenvalue weighted by Gasteiger charge is -2.24. The number of alkyl halides is 3. The van der Waals surface area contributed by atoms with E-state index >= 15 is 0 Å². The lowest BCUT2D eigenvalue weighted by molar-refractivity contribution is -0.384. The highest BCUT2D eigenvalue weighted by molar-refractivity contribution is 5.65. The van der Waals surface area contributed by atoms with E-state index in [0.717, 1.165) is 0 Å². The van der Waals surface area contributed by atoms with Crippen molar-refractivity contribution in [1.82, 2.24) is 4.90 Å². The number of hydrogen-bond acceptors (Lipinski definition) is 5. The normalized spacial score (nSPS) is 11.7. The number of benzene rings is 1. The van der Waals surface area contributed by atoms with Crippen molar-refractivity contribution in [3.63, 3.8) is 0 Å². The van der Waals surface area contributed by atoms with Crippen LogP contribution in [0.2, 0.25) is 0 Å². The van der Waals surface area contributed by atoms with Crippen LogP contribution in [-0.4, -0.2) is 29.1 Å². The largest absolute Gasteiger partial charge is 0.401 e. The molecule has 0 fully saturated rings. The Hall–Kier alpha value is -1.87. The van der Waals surface area contributed by atoms with Crippen LogP contribution in [-0.2, 0) is 6.54 Å². The molecule has 6 nitrogen and oxygen atoms in total. The maximum atomic E-state index is 12.5. The van der Waals surface area contributed by atoms with Crippen LogP contribution in [0.25, 0.3) is 0 Å². The summed E-state index contributed by atoms with van der Waals surface area (Å²) in [6, 6.07) is 4.18. The fraction of sp³-hybridized carbons (Fsp3) is 0.500. The van der Waals surface area contributed by atoms with Crippen molar-refractivity contribution in [2.24, 2.45) is 5.84 Å². The topological polar surface area (TPSA) is 84.4 Å². The van der Waals surface area contributed by atoms with Crippen LogP contribution in [0.4, 0.5) is 24.5 Å². The molecule has 0 radical (unpaired) electrons. The van der Waals surface area contributed by atoms with E-state index < -0.39 is 17.6 Å². The van der Waals surface area contributed by atoms with Gasteiger partial charge in [-0.1, -0.05) is 19.1 Å². The molecule has 0 bridgehead atoms. The van der Waals surface area contributed by atoms with Crippen molar-refractivity contribution >= 4 is 11.4 Å². The van der Waals surface area contributed by atoms with E-state index in [2.05, 4.69) is 5.43 Å². The molecule has 0 aromatic heterocycles. The Morgan fingerprint density at radius 3 is 2.57 bits per heavy atom. The van der Waals surface area contributed by atoms with Crippen LogP contribution in [0.15, 0.2) is 18.2 Å². The number of hydrazine groups is 1. The summed E-state index contributed by atoms with van der Waals surface area (Å²) in [5.41, 5.74) is 2.33. The lowest BCUT2D eigenvalue weighted by Crippen LogP contribution is -2.34.